The van der Waals surface area contributed by atoms with E-state index in [1.54, 1.807) is 32.0 Å². The first-order chi connectivity index (χ1) is 7.83. The summed E-state index contributed by atoms with van der Waals surface area (Å²) in [7, 11) is 0. The van der Waals surface area contributed by atoms with E-state index in [4.69, 9.17) is 5.73 Å². The van der Waals surface area contributed by atoms with E-state index in [0.717, 1.165) is 5.56 Å². The monoisotopic (exact) mass is 236 g/mol. The second kappa shape index (κ2) is 5.19. The van der Waals surface area contributed by atoms with E-state index in [2.05, 4.69) is 5.32 Å². The summed E-state index contributed by atoms with van der Waals surface area (Å²) >= 11 is 0. The Balaban J connectivity index is 2.62. The average Bonchev–Trinajstić information content (AvgIpc) is 2.25. The van der Waals surface area contributed by atoms with Gasteiger partial charge in [-0.1, -0.05) is 12.1 Å². The summed E-state index contributed by atoms with van der Waals surface area (Å²) in [5, 5.41) is 12.6. The van der Waals surface area contributed by atoms with Crippen LogP contribution < -0.4 is 11.1 Å². The molecule has 1 amide bonds. The minimum absolute atomic E-state index is 0.0562. The van der Waals surface area contributed by atoms with E-state index in [1.165, 1.54) is 0 Å². The highest BCUT2D eigenvalue weighted by Gasteiger charge is 2.25. The molecule has 0 fully saturated rings. The Hall–Kier alpha value is -1.55. The fraction of sp³-hybridized carbons (Fsp3) is 0.462. The molecule has 1 rings (SSSR count). The first-order valence-corrected chi connectivity index (χ1v) is 5.65. The van der Waals surface area contributed by atoms with Crippen molar-refractivity contribution in [2.45, 2.75) is 26.8 Å². The van der Waals surface area contributed by atoms with Gasteiger partial charge in [-0.05, 0) is 38.5 Å². The van der Waals surface area contributed by atoms with Crippen molar-refractivity contribution in [3.8, 4) is 5.75 Å². The molecule has 0 aliphatic rings. The summed E-state index contributed by atoms with van der Waals surface area (Å²) in [5.41, 5.74) is 5.70. The lowest BCUT2D eigenvalue weighted by Gasteiger charge is -2.24. The van der Waals surface area contributed by atoms with Gasteiger partial charge in [-0.15, -0.1) is 0 Å². The molecule has 94 valence electrons. The molecule has 0 saturated heterocycles. The fourth-order valence-electron chi connectivity index (χ4n) is 1.41. The van der Waals surface area contributed by atoms with Gasteiger partial charge in [0, 0.05) is 12.6 Å². The molecule has 0 heterocycles. The number of rotatable bonds is 5. The minimum atomic E-state index is -0.578. The van der Waals surface area contributed by atoms with E-state index in [9.17, 15) is 9.90 Å². The molecule has 0 aliphatic heterocycles. The zero-order valence-electron chi connectivity index (χ0n) is 10.5. The Morgan fingerprint density at radius 3 is 2.71 bits per heavy atom. The molecule has 17 heavy (non-hydrogen) atoms. The highest BCUT2D eigenvalue weighted by atomic mass is 16.3. The zero-order chi connectivity index (χ0) is 13.1. The maximum absolute atomic E-state index is 11.2. The lowest BCUT2D eigenvalue weighted by atomic mass is 9.92. The molecule has 4 N–H and O–H groups in total. The largest absolute Gasteiger partial charge is 0.508 e. The summed E-state index contributed by atoms with van der Waals surface area (Å²) in [6.07, 6.45) is 0. The second-order valence-corrected chi connectivity index (χ2v) is 4.95. The highest BCUT2D eigenvalue weighted by molar-refractivity contribution is 5.80. The molecular weight excluding hydrogens is 216 g/mol. The number of carbonyl (C=O) groups excluding carboxylic acids is 1. The van der Waals surface area contributed by atoms with Crippen LogP contribution in [0.5, 0.6) is 5.75 Å². The van der Waals surface area contributed by atoms with Gasteiger partial charge in [0.2, 0.25) is 5.91 Å². The first kappa shape index (κ1) is 13.5. The summed E-state index contributed by atoms with van der Waals surface area (Å²) in [6.45, 7) is 6.08. The number of phenolic OH excluding ortho intramolecular Hbond substituents is 1. The van der Waals surface area contributed by atoms with Gasteiger partial charge in [-0.3, -0.25) is 4.79 Å². The van der Waals surface area contributed by atoms with Gasteiger partial charge in [-0.2, -0.15) is 0 Å². The second-order valence-electron chi connectivity index (χ2n) is 4.95. The van der Waals surface area contributed by atoms with Crippen LogP contribution in [0.25, 0.3) is 0 Å². The Morgan fingerprint density at radius 2 is 2.18 bits per heavy atom. The average molecular weight is 236 g/mol. The van der Waals surface area contributed by atoms with Crippen molar-refractivity contribution in [1.82, 2.24) is 5.32 Å². The molecule has 0 spiro atoms. The minimum Gasteiger partial charge on any atom is -0.508 e. The molecule has 0 saturated carbocycles. The van der Waals surface area contributed by atoms with Gasteiger partial charge in [0.05, 0.1) is 5.41 Å². The number of benzene rings is 1. The molecule has 1 aromatic rings. The van der Waals surface area contributed by atoms with E-state index in [-0.39, 0.29) is 17.7 Å². The normalized spacial score (nSPS) is 13.4. The first-order valence-electron chi connectivity index (χ1n) is 5.65. The number of hydrogen-bond donors (Lipinski definition) is 3. The SMILES string of the molecule is CC(NCC(C)(C)C(N)=O)c1cccc(O)c1. The van der Waals surface area contributed by atoms with Crippen molar-refractivity contribution in [2.24, 2.45) is 11.1 Å². The number of aromatic hydroxyl groups is 1. The maximum atomic E-state index is 11.2. The molecular formula is C13H20N2O2. The number of phenols is 1. The van der Waals surface area contributed by atoms with Crippen molar-refractivity contribution >= 4 is 5.91 Å². The van der Waals surface area contributed by atoms with Crippen LogP contribution in [-0.4, -0.2) is 17.6 Å². The van der Waals surface area contributed by atoms with E-state index in [0.29, 0.717) is 6.54 Å². The molecule has 1 unspecified atom stereocenters. The third-order valence-corrected chi connectivity index (χ3v) is 2.89. The summed E-state index contributed by atoms with van der Waals surface area (Å²) in [4.78, 5) is 11.2. The zero-order valence-corrected chi connectivity index (χ0v) is 10.5. The number of hydrogen-bond acceptors (Lipinski definition) is 3. The Kier molecular flexibility index (Phi) is 4.12. The van der Waals surface area contributed by atoms with Gasteiger partial charge in [0.15, 0.2) is 0 Å². The number of amides is 1. The Morgan fingerprint density at radius 1 is 1.53 bits per heavy atom. The molecule has 0 aromatic heterocycles. The van der Waals surface area contributed by atoms with Crippen molar-refractivity contribution in [3.05, 3.63) is 29.8 Å². The lowest BCUT2D eigenvalue weighted by Crippen LogP contribution is -2.41. The lowest BCUT2D eigenvalue weighted by molar-refractivity contribution is -0.125. The smallest absolute Gasteiger partial charge is 0.224 e. The van der Waals surface area contributed by atoms with Crippen LogP contribution in [0.3, 0.4) is 0 Å². The van der Waals surface area contributed by atoms with E-state index < -0.39 is 5.41 Å². The Bertz CT molecular complexity index is 402. The third-order valence-electron chi connectivity index (χ3n) is 2.89. The van der Waals surface area contributed by atoms with Crippen LogP contribution >= 0.6 is 0 Å². The van der Waals surface area contributed by atoms with Gasteiger partial charge < -0.3 is 16.2 Å². The standard InChI is InChI=1S/C13H20N2O2/c1-9(10-5-4-6-11(16)7-10)15-8-13(2,3)12(14)17/h4-7,9,15-16H,8H2,1-3H3,(H2,14,17). The quantitative estimate of drug-likeness (QED) is 0.726. The van der Waals surface area contributed by atoms with Crippen LogP contribution in [0, 0.1) is 5.41 Å². The van der Waals surface area contributed by atoms with Gasteiger partial charge in [0.25, 0.3) is 0 Å². The van der Waals surface area contributed by atoms with Crippen LogP contribution in [-0.2, 0) is 4.79 Å². The molecule has 0 bridgehead atoms. The summed E-state index contributed by atoms with van der Waals surface area (Å²) < 4.78 is 0. The molecule has 4 heteroatoms. The number of nitrogens with one attached hydrogen (secondary N) is 1. The molecule has 4 nitrogen and oxygen atoms in total. The van der Waals surface area contributed by atoms with Crippen LogP contribution in [0.2, 0.25) is 0 Å². The van der Waals surface area contributed by atoms with Gasteiger partial charge >= 0.3 is 0 Å². The maximum Gasteiger partial charge on any atom is 0.224 e. The van der Waals surface area contributed by atoms with Crippen molar-refractivity contribution in [2.75, 3.05) is 6.54 Å². The van der Waals surface area contributed by atoms with Crippen molar-refractivity contribution in [1.29, 1.82) is 0 Å². The highest BCUT2D eigenvalue weighted by Crippen LogP contribution is 2.19. The Labute approximate surface area is 102 Å². The van der Waals surface area contributed by atoms with Gasteiger partial charge in [0.1, 0.15) is 5.75 Å². The summed E-state index contributed by atoms with van der Waals surface area (Å²) in [5.74, 6) is -0.0848. The van der Waals surface area contributed by atoms with Crippen LogP contribution in [0.1, 0.15) is 32.4 Å². The van der Waals surface area contributed by atoms with Crippen molar-refractivity contribution < 1.29 is 9.90 Å². The summed E-state index contributed by atoms with van der Waals surface area (Å²) in [6, 6.07) is 7.11. The predicted octanol–water partition coefficient (Wildman–Crippen LogP) is 1.55. The number of primary amides is 1. The van der Waals surface area contributed by atoms with E-state index >= 15 is 0 Å². The fourth-order valence-corrected chi connectivity index (χ4v) is 1.41. The number of nitrogens with two attached hydrogens (primary N) is 1. The molecule has 1 aromatic carbocycles. The number of carbonyl (C=O) groups is 1. The topological polar surface area (TPSA) is 75.3 Å². The molecule has 1 atom stereocenters. The van der Waals surface area contributed by atoms with Crippen LogP contribution in [0.15, 0.2) is 24.3 Å². The third kappa shape index (κ3) is 3.75. The predicted molar refractivity (Wildman–Crippen MR) is 67.5 cm³/mol. The van der Waals surface area contributed by atoms with Crippen LogP contribution in [0.4, 0.5) is 0 Å². The molecule has 0 aliphatic carbocycles. The van der Waals surface area contributed by atoms with E-state index in [1.807, 2.05) is 13.0 Å². The van der Waals surface area contributed by atoms with Gasteiger partial charge in [-0.25, -0.2) is 0 Å². The van der Waals surface area contributed by atoms with Crippen molar-refractivity contribution in [3.63, 3.8) is 0 Å². The molecule has 0 radical (unpaired) electrons.